The zero-order valence-electron chi connectivity index (χ0n) is 17.5. The van der Waals surface area contributed by atoms with Crippen LogP contribution in [0.1, 0.15) is 42.9 Å². The van der Waals surface area contributed by atoms with E-state index >= 15 is 0 Å². The fourth-order valence-electron chi connectivity index (χ4n) is 2.97. The summed E-state index contributed by atoms with van der Waals surface area (Å²) in [6, 6.07) is 11.9. The molecule has 0 saturated carbocycles. The van der Waals surface area contributed by atoms with Gasteiger partial charge in [0.15, 0.2) is 0 Å². The van der Waals surface area contributed by atoms with Crippen molar-refractivity contribution >= 4 is 57.1 Å². The molecule has 0 atom stereocenters. The number of nitrogens with zero attached hydrogens (tertiary/aromatic N) is 1. The van der Waals surface area contributed by atoms with Crippen molar-refractivity contribution in [1.82, 2.24) is 0 Å². The van der Waals surface area contributed by atoms with Crippen LogP contribution in [0.4, 0.5) is 16.4 Å². The summed E-state index contributed by atoms with van der Waals surface area (Å²) in [4.78, 5) is 48.8. The topological polar surface area (TPSA) is 128 Å². The molecule has 170 valence electrons. The lowest BCUT2D eigenvalue weighted by molar-refractivity contribution is -0.384. The Morgan fingerprint density at radius 3 is 2.48 bits per heavy atom. The van der Waals surface area contributed by atoms with Crippen molar-refractivity contribution in [3.05, 3.63) is 85.2 Å². The summed E-state index contributed by atoms with van der Waals surface area (Å²) in [6.07, 6.45) is 0. The molecule has 1 aromatic heterocycles. The number of esters is 1. The van der Waals surface area contributed by atoms with Crippen LogP contribution in [0.3, 0.4) is 0 Å². The summed E-state index contributed by atoms with van der Waals surface area (Å²) in [6.45, 7) is 3.29. The van der Waals surface area contributed by atoms with Crippen molar-refractivity contribution < 1.29 is 24.0 Å². The van der Waals surface area contributed by atoms with Crippen molar-refractivity contribution in [3.8, 4) is 0 Å². The Morgan fingerprint density at radius 1 is 1.09 bits per heavy atom. The Morgan fingerprint density at radius 2 is 1.82 bits per heavy atom. The van der Waals surface area contributed by atoms with Crippen molar-refractivity contribution in [3.63, 3.8) is 0 Å². The number of thiophene rings is 1. The maximum Gasteiger partial charge on any atom is 0.341 e. The van der Waals surface area contributed by atoms with Crippen molar-refractivity contribution in [1.29, 1.82) is 0 Å². The average Bonchev–Trinajstić information content (AvgIpc) is 3.10. The normalized spacial score (nSPS) is 10.4. The number of nitro groups is 1. The first-order chi connectivity index (χ1) is 15.7. The maximum atomic E-state index is 12.9. The van der Waals surface area contributed by atoms with E-state index in [0.717, 1.165) is 11.3 Å². The van der Waals surface area contributed by atoms with Crippen LogP contribution in [0.15, 0.2) is 48.5 Å². The molecule has 0 fully saturated rings. The lowest BCUT2D eigenvalue weighted by atomic mass is 10.1. The van der Waals surface area contributed by atoms with Gasteiger partial charge in [-0.1, -0.05) is 29.8 Å². The molecule has 0 aliphatic heterocycles. The number of anilines is 2. The van der Waals surface area contributed by atoms with Gasteiger partial charge in [-0.2, -0.15) is 0 Å². The third-order valence-corrected chi connectivity index (χ3v) is 6.03. The second kappa shape index (κ2) is 10.2. The minimum absolute atomic E-state index is 0.0476. The summed E-state index contributed by atoms with van der Waals surface area (Å²) >= 11 is 6.97. The van der Waals surface area contributed by atoms with Crippen LogP contribution in [0.5, 0.6) is 0 Å². The molecule has 2 aromatic carbocycles. The highest BCUT2D eigenvalue weighted by molar-refractivity contribution is 7.19. The zero-order valence-corrected chi connectivity index (χ0v) is 19.1. The van der Waals surface area contributed by atoms with E-state index in [9.17, 15) is 24.5 Å². The highest BCUT2D eigenvalue weighted by Gasteiger charge is 2.27. The number of benzene rings is 2. The van der Waals surface area contributed by atoms with E-state index in [-0.39, 0.29) is 44.0 Å². The number of nitro benzene ring substituents is 1. The minimum atomic E-state index is -0.699. The predicted molar refractivity (Wildman–Crippen MR) is 125 cm³/mol. The van der Waals surface area contributed by atoms with Gasteiger partial charge >= 0.3 is 5.97 Å². The van der Waals surface area contributed by atoms with Crippen molar-refractivity contribution in [2.24, 2.45) is 0 Å². The summed E-state index contributed by atoms with van der Waals surface area (Å²) in [5.74, 6) is -1.85. The molecule has 3 rings (SSSR count). The molecule has 0 unspecified atom stereocenters. The molecule has 11 heteroatoms. The molecule has 0 radical (unpaired) electrons. The van der Waals surface area contributed by atoms with Crippen LogP contribution in [-0.4, -0.2) is 29.3 Å². The van der Waals surface area contributed by atoms with E-state index < -0.39 is 22.7 Å². The lowest BCUT2D eigenvalue weighted by Gasteiger charge is -2.08. The van der Waals surface area contributed by atoms with Crippen molar-refractivity contribution in [2.45, 2.75) is 13.8 Å². The quantitative estimate of drug-likeness (QED) is 0.264. The molecule has 2 amide bonds. The Kier molecular flexibility index (Phi) is 7.41. The number of rotatable bonds is 7. The van der Waals surface area contributed by atoms with Gasteiger partial charge in [0, 0.05) is 17.8 Å². The monoisotopic (exact) mass is 487 g/mol. The number of hydrogen-bond acceptors (Lipinski definition) is 7. The summed E-state index contributed by atoms with van der Waals surface area (Å²) < 4.78 is 5.10. The number of nitrogens with one attached hydrogen (secondary N) is 2. The van der Waals surface area contributed by atoms with Crippen LogP contribution < -0.4 is 10.6 Å². The first-order valence-corrected chi connectivity index (χ1v) is 10.8. The van der Waals surface area contributed by atoms with Crippen molar-refractivity contribution in [2.75, 3.05) is 17.2 Å². The van der Waals surface area contributed by atoms with Gasteiger partial charge in [-0.05, 0) is 37.6 Å². The summed E-state index contributed by atoms with van der Waals surface area (Å²) in [5.41, 5.74) is 0.571. The van der Waals surface area contributed by atoms with Gasteiger partial charge in [0.05, 0.1) is 32.6 Å². The number of ether oxygens (including phenoxy) is 1. The number of halogens is 1. The van der Waals surface area contributed by atoms with Crippen LogP contribution in [0.2, 0.25) is 5.02 Å². The third-order valence-electron chi connectivity index (χ3n) is 4.49. The van der Waals surface area contributed by atoms with Gasteiger partial charge in [0.2, 0.25) is 0 Å². The number of amides is 2. The van der Waals surface area contributed by atoms with E-state index in [1.165, 1.54) is 30.3 Å². The average molecular weight is 488 g/mol. The van der Waals surface area contributed by atoms with Crippen LogP contribution in [0, 0.1) is 17.0 Å². The molecule has 0 saturated heterocycles. The molecule has 0 aliphatic rings. The highest BCUT2D eigenvalue weighted by Crippen LogP contribution is 2.35. The number of hydrogen-bond donors (Lipinski definition) is 2. The van der Waals surface area contributed by atoms with Gasteiger partial charge in [-0.15, -0.1) is 11.3 Å². The summed E-state index contributed by atoms with van der Waals surface area (Å²) in [7, 11) is 0. The molecule has 0 spiro atoms. The van der Waals surface area contributed by atoms with Gasteiger partial charge in [-0.25, -0.2) is 4.79 Å². The van der Waals surface area contributed by atoms with Crippen LogP contribution in [-0.2, 0) is 4.74 Å². The molecule has 1 heterocycles. The first kappa shape index (κ1) is 23.9. The molecule has 0 aliphatic carbocycles. The van der Waals surface area contributed by atoms with E-state index in [0.29, 0.717) is 5.56 Å². The maximum absolute atomic E-state index is 12.9. The van der Waals surface area contributed by atoms with E-state index in [1.807, 2.05) is 0 Å². The Hall–Kier alpha value is -3.76. The van der Waals surface area contributed by atoms with E-state index in [1.54, 1.807) is 32.0 Å². The Labute approximate surface area is 197 Å². The third kappa shape index (κ3) is 5.36. The number of carbonyl (C=O) groups excluding carboxylic acids is 3. The van der Waals surface area contributed by atoms with E-state index in [4.69, 9.17) is 16.3 Å². The molecule has 2 N–H and O–H groups in total. The fraction of sp³-hybridized carbons (Fsp3) is 0.136. The minimum Gasteiger partial charge on any atom is -0.462 e. The van der Waals surface area contributed by atoms with Gasteiger partial charge in [-0.3, -0.25) is 19.7 Å². The smallest absolute Gasteiger partial charge is 0.341 e. The van der Waals surface area contributed by atoms with Crippen LogP contribution in [0.25, 0.3) is 0 Å². The SMILES string of the molecule is CCOC(=O)c1c(NC(=O)c2ccccc2Cl)sc(C(=O)Nc2cccc([N+](=O)[O-])c2)c1C. The Bertz CT molecular complexity index is 1260. The molecule has 9 nitrogen and oxygen atoms in total. The fourth-order valence-corrected chi connectivity index (χ4v) is 4.27. The first-order valence-electron chi connectivity index (χ1n) is 9.65. The molecular weight excluding hydrogens is 470 g/mol. The second-order valence-corrected chi connectivity index (χ2v) is 8.10. The van der Waals surface area contributed by atoms with Gasteiger partial charge < -0.3 is 15.4 Å². The lowest BCUT2D eigenvalue weighted by Crippen LogP contribution is -2.15. The second-order valence-electron chi connectivity index (χ2n) is 6.68. The van der Waals surface area contributed by atoms with Gasteiger partial charge in [0.1, 0.15) is 5.00 Å². The predicted octanol–water partition coefficient (Wildman–Crippen LogP) is 5.30. The van der Waals surface area contributed by atoms with Gasteiger partial charge in [0.25, 0.3) is 17.5 Å². The standard InChI is InChI=1S/C22H18ClN3O6S/c1-3-32-22(29)17-12(2)18(20(28)24-13-7-6-8-14(11-13)26(30)31)33-21(17)25-19(27)15-9-4-5-10-16(15)23/h4-11H,3H2,1-2H3,(H,24,28)(H,25,27). The molecular formula is C22H18ClN3O6S. The van der Waals surface area contributed by atoms with E-state index in [2.05, 4.69) is 10.6 Å². The number of non-ortho nitro benzene ring substituents is 1. The summed E-state index contributed by atoms with van der Waals surface area (Å²) in [5, 5.41) is 16.6. The number of carbonyl (C=O) groups is 3. The van der Waals surface area contributed by atoms with Crippen LogP contribution >= 0.6 is 22.9 Å². The highest BCUT2D eigenvalue weighted by atomic mass is 35.5. The largest absolute Gasteiger partial charge is 0.462 e. The Balaban J connectivity index is 1.96. The molecule has 33 heavy (non-hydrogen) atoms. The zero-order chi connectivity index (χ0) is 24.1. The molecule has 0 bridgehead atoms. The molecule has 3 aromatic rings.